The molecule has 2 rings (SSSR count). The van der Waals surface area contributed by atoms with Crippen LogP contribution in [0.3, 0.4) is 0 Å². The molecule has 110 valence electrons. The summed E-state index contributed by atoms with van der Waals surface area (Å²) < 4.78 is 13.0. The van der Waals surface area contributed by atoms with Crippen LogP contribution in [0.5, 0.6) is 0 Å². The number of hydrogen-bond acceptors (Lipinski definition) is 2. The average molecular weight is 299 g/mol. The third-order valence-electron chi connectivity index (χ3n) is 3.83. The Bertz CT molecular complexity index is 481. The van der Waals surface area contributed by atoms with Crippen LogP contribution in [0, 0.1) is 11.7 Å². The summed E-state index contributed by atoms with van der Waals surface area (Å²) in [7, 11) is 0. The number of halogens is 2. The van der Waals surface area contributed by atoms with E-state index in [1.807, 2.05) is 0 Å². The lowest BCUT2D eigenvalue weighted by Crippen LogP contribution is -2.43. The van der Waals surface area contributed by atoms with Gasteiger partial charge in [-0.2, -0.15) is 0 Å². The minimum atomic E-state index is -0.460. The maximum atomic E-state index is 13.0. The summed E-state index contributed by atoms with van der Waals surface area (Å²) in [5.74, 6) is 0.0369. The van der Waals surface area contributed by atoms with Gasteiger partial charge >= 0.3 is 0 Å². The Hall–Kier alpha value is -1.29. The van der Waals surface area contributed by atoms with E-state index in [4.69, 9.17) is 11.6 Å². The molecule has 0 spiro atoms. The second-order valence-corrected chi connectivity index (χ2v) is 5.83. The summed E-state index contributed by atoms with van der Waals surface area (Å²) in [4.78, 5) is 11.9. The van der Waals surface area contributed by atoms with Gasteiger partial charge in [-0.3, -0.25) is 4.79 Å². The summed E-state index contributed by atoms with van der Waals surface area (Å²) in [5, 5.41) is 6.06. The molecule has 1 aliphatic rings. The van der Waals surface area contributed by atoms with E-state index >= 15 is 0 Å². The third-order valence-corrected chi connectivity index (χ3v) is 4.12. The first kappa shape index (κ1) is 15.1. The van der Waals surface area contributed by atoms with Crippen molar-refractivity contribution in [2.75, 3.05) is 11.9 Å². The summed E-state index contributed by atoms with van der Waals surface area (Å²) >= 11 is 5.69. The van der Waals surface area contributed by atoms with Gasteiger partial charge in [-0.15, -0.1) is 0 Å². The van der Waals surface area contributed by atoms with Gasteiger partial charge in [0.25, 0.3) is 0 Å². The van der Waals surface area contributed by atoms with Gasteiger partial charge in [-0.1, -0.05) is 31.4 Å². The zero-order chi connectivity index (χ0) is 14.5. The van der Waals surface area contributed by atoms with Gasteiger partial charge in [0.1, 0.15) is 5.82 Å². The number of amides is 1. The summed E-state index contributed by atoms with van der Waals surface area (Å²) in [5.41, 5.74) is 0.642. The predicted octanol–water partition coefficient (Wildman–Crippen LogP) is 3.59. The molecule has 20 heavy (non-hydrogen) atoms. The number of benzene rings is 1. The van der Waals surface area contributed by atoms with Crippen LogP contribution < -0.4 is 10.6 Å². The van der Waals surface area contributed by atoms with Crippen molar-refractivity contribution in [2.45, 2.75) is 38.6 Å². The first-order valence-electron chi connectivity index (χ1n) is 7.04. The monoisotopic (exact) mass is 298 g/mol. The number of carbonyl (C=O) groups excluding carboxylic acids is 1. The van der Waals surface area contributed by atoms with E-state index in [0.717, 1.165) is 6.42 Å². The van der Waals surface area contributed by atoms with Gasteiger partial charge in [0, 0.05) is 11.7 Å². The molecule has 0 heterocycles. The normalized spacial score (nSPS) is 22.4. The predicted molar refractivity (Wildman–Crippen MR) is 79.5 cm³/mol. The van der Waals surface area contributed by atoms with Crippen LogP contribution in [-0.4, -0.2) is 18.5 Å². The van der Waals surface area contributed by atoms with Crippen molar-refractivity contribution in [3.05, 3.63) is 29.0 Å². The smallest absolute Gasteiger partial charge is 0.239 e. The van der Waals surface area contributed by atoms with Gasteiger partial charge in [-0.25, -0.2) is 4.39 Å². The molecule has 2 atom stereocenters. The summed E-state index contributed by atoms with van der Waals surface area (Å²) in [6.45, 7) is 2.35. The Morgan fingerprint density at radius 2 is 2.15 bits per heavy atom. The molecule has 1 saturated carbocycles. The van der Waals surface area contributed by atoms with Gasteiger partial charge < -0.3 is 10.6 Å². The third kappa shape index (κ3) is 4.10. The molecule has 1 aliphatic carbocycles. The van der Waals surface area contributed by atoms with Crippen LogP contribution in [0.25, 0.3) is 0 Å². The first-order chi connectivity index (χ1) is 9.56. The molecule has 1 aromatic rings. The van der Waals surface area contributed by atoms with Crippen LogP contribution in [0.15, 0.2) is 18.2 Å². The average Bonchev–Trinajstić information content (AvgIpc) is 2.43. The Morgan fingerprint density at radius 3 is 2.85 bits per heavy atom. The summed E-state index contributed by atoms with van der Waals surface area (Å²) in [6, 6.07) is 4.60. The second kappa shape index (κ2) is 6.93. The summed E-state index contributed by atoms with van der Waals surface area (Å²) in [6.07, 6.45) is 4.65. The SMILES string of the molecule is CC1CCCCC1NC(=O)CNc1ccc(F)c(Cl)c1. The fourth-order valence-electron chi connectivity index (χ4n) is 2.58. The Labute approximate surface area is 123 Å². The topological polar surface area (TPSA) is 41.1 Å². The van der Waals surface area contributed by atoms with Gasteiger partial charge in [0.2, 0.25) is 5.91 Å². The molecular weight excluding hydrogens is 279 g/mol. The molecule has 0 aliphatic heterocycles. The van der Waals surface area contributed by atoms with E-state index in [2.05, 4.69) is 17.6 Å². The molecule has 1 fully saturated rings. The number of carbonyl (C=O) groups is 1. The quantitative estimate of drug-likeness (QED) is 0.892. The minimum absolute atomic E-state index is 0.0378. The van der Waals surface area contributed by atoms with Gasteiger partial charge in [0.15, 0.2) is 0 Å². The Morgan fingerprint density at radius 1 is 1.40 bits per heavy atom. The minimum Gasteiger partial charge on any atom is -0.376 e. The maximum absolute atomic E-state index is 13.0. The van der Waals surface area contributed by atoms with Crippen LogP contribution in [0.4, 0.5) is 10.1 Å². The highest BCUT2D eigenvalue weighted by Gasteiger charge is 2.22. The Balaban J connectivity index is 1.81. The van der Waals surface area contributed by atoms with Crippen molar-refractivity contribution in [1.29, 1.82) is 0 Å². The molecule has 1 amide bonds. The van der Waals surface area contributed by atoms with Crippen molar-refractivity contribution < 1.29 is 9.18 Å². The van der Waals surface area contributed by atoms with Crippen LogP contribution in [-0.2, 0) is 4.79 Å². The highest BCUT2D eigenvalue weighted by Crippen LogP contribution is 2.23. The van der Waals surface area contributed by atoms with E-state index in [1.165, 1.54) is 31.4 Å². The highest BCUT2D eigenvalue weighted by molar-refractivity contribution is 6.31. The van der Waals surface area contributed by atoms with Gasteiger partial charge in [0.05, 0.1) is 11.6 Å². The van der Waals surface area contributed by atoms with E-state index in [-0.39, 0.29) is 23.5 Å². The maximum Gasteiger partial charge on any atom is 0.239 e. The fraction of sp³-hybridized carbons (Fsp3) is 0.533. The molecule has 3 nitrogen and oxygen atoms in total. The number of nitrogens with one attached hydrogen (secondary N) is 2. The zero-order valence-corrected chi connectivity index (χ0v) is 12.3. The lowest BCUT2D eigenvalue weighted by Gasteiger charge is -2.29. The molecule has 2 N–H and O–H groups in total. The van der Waals surface area contributed by atoms with E-state index in [0.29, 0.717) is 11.6 Å². The highest BCUT2D eigenvalue weighted by atomic mass is 35.5. The lowest BCUT2D eigenvalue weighted by atomic mass is 9.86. The van der Waals surface area contributed by atoms with E-state index < -0.39 is 5.82 Å². The Kier molecular flexibility index (Phi) is 5.24. The fourth-order valence-corrected chi connectivity index (χ4v) is 2.76. The molecule has 0 saturated heterocycles. The zero-order valence-electron chi connectivity index (χ0n) is 11.6. The van der Waals surface area contributed by atoms with Crippen molar-refractivity contribution in [3.63, 3.8) is 0 Å². The molecule has 1 aromatic carbocycles. The second-order valence-electron chi connectivity index (χ2n) is 5.42. The number of anilines is 1. The molecular formula is C15H20ClFN2O. The van der Waals surface area contributed by atoms with Crippen LogP contribution >= 0.6 is 11.6 Å². The van der Waals surface area contributed by atoms with Crippen molar-refractivity contribution >= 4 is 23.2 Å². The van der Waals surface area contributed by atoms with Crippen molar-refractivity contribution in [3.8, 4) is 0 Å². The van der Waals surface area contributed by atoms with Gasteiger partial charge in [-0.05, 0) is 37.0 Å². The van der Waals surface area contributed by atoms with E-state index in [1.54, 1.807) is 6.07 Å². The number of rotatable bonds is 4. The van der Waals surface area contributed by atoms with Crippen LogP contribution in [0.2, 0.25) is 5.02 Å². The molecule has 0 radical (unpaired) electrons. The lowest BCUT2D eigenvalue weighted by molar-refractivity contribution is -0.120. The van der Waals surface area contributed by atoms with Crippen molar-refractivity contribution in [1.82, 2.24) is 5.32 Å². The molecule has 2 unspecified atom stereocenters. The van der Waals surface area contributed by atoms with Crippen molar-refractivity contribution in [2.24, 2.45) is 5.92 Å². The molecule has 5 heteroatoms. The molecule has 0 bridgehead atoms. The molecule has 0 aromatic heterocycles. The number of hydrogen-bond donors (Lipinski definition) is 2. The van der Waals surface area contributed by atoms with Crippen LogP contribution in [0.1, 0.15) is 32.6 Å². The standard InChI is InChI=1S/C15H20ClFN2O/c1-10-4-2-3-5-14(10)19-15(20)9-18-11-6-7-13(17)12(16)8-11/h6-8,10,14,18H,2-5,9H2,1H3,(H,19,20). The largest absolute Gasteiger partial charge is 0.376 e. The first-order valence-corrected chi connectivity index (χ1v) is 7.42. The van der Waals surface area contributed by atoms with E-state index in [9.17, 15) is 9.18 Å².